The largest absolute Gasteiger partial charge is 0.508 e. The number of Topliss-reactive ketones (excluding diaryl/α,β-unsaturated/α-hetero) is 1. The molecule has 0 aromatic heterocycles. The molecule has 1 aliphatic heterocycles. The summed E-state index contributed by atoms with van der Waals surface area (Å²) in [7, 11) is 1.40. The molecule has 3 rings (SSSR count). The molecule has 1 atom stereocenters. The average Bonchev–Trinajstić information content (AvgIpc) is 2.88. The van der Waals surface area contributed by atoms with Gasteiger partial charge in [-0.15, -0.1) is 0 Å². The Balaban J connectivity index is 2.12. The molecular weight excluding hydrogens is 336 g/mol. The van der Waals surface area contributed by atoms with Crippen molar-refractivity contribution in [2.45, 2.75) is 26.4 Å². The number of carbonyl (C=O) groups is 1. The highest BCUT2D eigenvalue weighted by molar-refractivity contribution is 6.05. The molecule has 136 valence electrons. The van der Waals surface area contributed by atoms with Crippen molar-refractivity contribution < 1.29 is 29.6 Å². The van der Waals surface area contributed by atoms with E-state index in [0.717, 1.165) is 5.57 Å². The quantitative estimate of drug-likeness (QED) is 0.724. The van der Waals surface area contributed by atoms with Gasteiger partial charge in [-0.2, -0.15) is 0 Å². The van der Waals surface area contributed by atoms with Crippen molar-refractivity contribution in [3.05, 3.63) is 52.6 Å². The third kappa shape index (κ3) is 2.94. The number of rotatable bonds is 4. The standard InChI is InChI=1S/C20H20O6/c1-10(2)4-6-12-14(22)9-15(23)17(19(12)25-3)20-18(24)13-7-5-11(21)8-16(13)26-20/h4-5,7-9,20-23H,6H2,1-3H3/t20-/m0/s1. The Morgan fingerprint density at radius 1 is 1.19 bits per heavy atom. The molecule has 6 heteroatoms. The van der Waals surface area contributed by atoms with Crippen LogP contribution >= 0.6 is 0 Å². The summed E-state index contributed by atoms with van der Waals surface area (Å²) in [5.74, 6) is -0.358. The predicted octanol–water partition coefficient (Wildman–Crippen LogP) is 3.64. The van der Waals surface area contributed by atoms with Gasteiger partial charge >= 0.3 is 0 Å². The summed E-state index contributed by atoms with van der Waals surface area (Å²) in [5.41, 5.74) is 1.98. The number of allylic oxidation sites excluding steroid dienone is 2. The zero-order valence-corrected chi connectivity index (χ0v) is 14.7. The molecule has 1 heterocycles. The monoisotopic (exact) mass is 356 g/mol. The van der Waals surface area contributed by atoms with Crippen LogP contribution in [-0.2, 0) is 6.42 Å². The van der Waals surface area contributed by atoms with E-state index in [2.05, 4.69) is 0 Å². The lowest BCUT2D eigenvalue weighted by molar-refractivity contribution is 0.0850. The van der Waals surface area contributed by atoms with Crippen molar-refractivity contribution in [1.82, 2.24) is 0 Å². The summed E-state index contributed by atoms with van der Waals surface area (Å²) in [6.45, 7) is 3.86. The molecule has 0 unspecified atom stereocenters. The van der Waals surface area contributed by atoms with Gasteiger partial charge in [0.1, 0.15) is 28.7 Å². The second kappa shape index (κ2) is 6.63. The van der Waals surface area contributed by atoms with Crippen LogP contribution in [-0.4, -0.2) is 28.2 Å². The number of phenols is 3. The SMILES string of the molecule is COc1c(CC=C(C)C)c(O)cc(O)c1[C@@H]1Oc2cc(O)ccc2C1=O. The van der Waals surface area contributed by atoms with Crippen molar-refractivity contribution in [3.8, 4) is 28.7 Å². The Kier molecular flexibility index (Phi) is 4.50. The maximum absolute atomic E-state index is 12.7. The molecular formula is C20H20O6. The zero-order chi connectivity index (χ0) is 19.0. The number of hydrogen-bond donors (Lipinski definition) is 3. The minimum atomic E-state index is -1.12. The Morgan fingerprint density at radius 2 is 1.92 bits per heavy atom. The Hall–Kier alpha value is -3.15. The van der Waals surface area contributed by atoms with Gasteiger partial charge in [0.05, 0.1) is 18.2 Å². The first kappa shape index (κ1) is 17.7. The van der Waals surface area contributed by atoms with Crippen molar-refractivity contribution in [2.75, 3.05) is 7.11 Å². The highest BCUT2D eigenvalue weighted by Crippen LogP contribution is 2.47. The van der Waals surface area contributed by atoms with Gasteiger partial charge in [-0.05, 0) is 32.4 Å². The normalized spacial score (nSPS) is 15.3. The molecule has 2 aromatic rings. The summed E-state index contributed by atoms with van der Waals surface area (Å²) in [4.78, 5) is 12.7. The third-order valence-electron chi connectivity index (χ3n) is 4.27. The van der Waals surface area contributed by atoms with Crippen molar-refractivity contribution in [3.63, 3.8) is 0 Å². The summed E-state index contributed by atoms with van der Waals surface area (Å²) >= 11 is 0. The van der Waals surface area contributed by atoms with Crippen LogP contribution in [0, 0.1) is 0 Å². The number of ketones is 1. The van der Waals surface area contributed by atoms with Gasteiger partial charge in [-0.1, -0.05) is 11.6 Å². The zero-order valence-electron chi connectivity index (χ0n) is 14.7. The molecule has 0 amide bonds. The molecule has 0 aliphatic carbocycles. The lowest BCUT2D eigenvalue weighted by Gasteiger charge is -2.19. The summed E-state index contributed by atoms with van der Waals surface area (Å²) < 4.78 is 11.1. The van der Waals surface area contributed by atoms with E-state index >= 15 is 0 Å². The molecule has 3 N–H and O–H groups in total. The van der Waals surface area contributed by atoms with Gasteiger partial charge in [0.2, 0.25) is 5.78 Å². The first-order chi connectivity index (χ1) is 12.3. The van der Waals surface area contributed by atoms with Crippen molar-refractivity contribution >= 4 is 5.78 Å². The number of fused-ring (bicyclic) bond motifs is 1. The van der Waals surface area contributed by atoms with Crippen molar-refractivity contribution in [1.29, 1.82) is 0 Å². The maximum atomic E-state index is 12.7. The van der Waals surface area contributed by atoms with E-state index in [4.69, 9.17) is 9.47 Å². The van der Waals surface area contributed by atoms with Crippen LogP contribution in [0.3, 0.4) is 0 Å². The van der Waals surface area contributed by atoms with Crippen LogP contribution in [0.1, 0.15) is 41.4 Å². The fraction of sp³-hybridized carbons (Fsp3) is 0.250. The lowest BCUT2D eigenvalue weighted by atomic mass is 9.95. The molecule has 1 aliphatic rings. The number of benzene rings is 2. The molecule has 0 saturated heterocycles. The van der Waals surface area contributed by atoms with Gasteiger partial charge < -0.3 is 24.8 Å². The summed E-state index contributed by atoms with van der Waals surface area (Å²) in [6.07, 6.45) is 1.16. The van der Waals surface area contributed by atoms with Gasteiger partial charge in [0, 0.05) is 17.7 Å². The Labute approximate surface area is 150 Å². The van der Waals surface area contributed by atoms with Crippen molar-refractivity contribution in [2.24, 2.45) is 0 Å². The van der Waals surface area contributed by atoms with E-state index in [1.54, 1.807) is 0 Å². The Morgan fingerprint density at radius 3 is 2.58 bits per heavy atom. The van der Waals surface area contributed by atoms with Crippen LogP contribution in [0.4, 0.5) is 0 Å². The number of ether oxygens (including phenoxy) is 2. The maximum Gasteiger partial charge on any atom is 0.211 e. The van der Waals surface area contributed by atoms with Gasteiger partial charge in [-0.25, -0.2) is 0 Å². The molecule has 6 nitrogen and oxygen atoms in total. The van der Waals surface area contributed by atoms with Gasteiger partial charge in [-0.3, -0.25) is 4.79 Å². The second-order valence-corrected chi connectivity index (χ2v) is 6.37. The molecule has 0 radical (unpaired) electrons. The van der Waals surface area contributed by atoms with E-state index in [0.29, 0.717) is 17.5 Å². The van der Waals surface area contributed by atoms with E-state index in [1.807, 2.05) is 19.9 Å². The molecule has 0 spiro atoms. The lowest BCUT2D eigenvalue weighted by Crippen LogP contribution is -2.13. The molecule has 0 saturated carbocycles. The third-order valence-corrected chi connectivity index (χ3v) is 4.27. The molecule has 0 fully saturated rings. The summed E-state index contributed by atoms with van der Waals surface area (Å²) in [6, 6.07) is 5.40. The van der Waals surface area contributed by atoms with Crippen LogP contribution in [0.15, 0.2) is 35.9 Å². The van der Waals surface area contributed by atoms with Crippen LogP contribution < -0.4 is 9.47 Å². The minimum Gasteiger partial charge on any atom is -0.508 e. The van der Waals surface area contributed by atoms with E-state index in [-0.39, 0.29) is 40.1 Å². The topological polar surface area (TPSA) is 96.2 Å². The van der Waals surface area contributed by atoms with Crippen LogP contribution in [0.2, 0.25) is 0 Å². The number of carbonyl (C=O) groups excluding carboxylic acids is 1. The number of methoxy groups -OCH3 is 1. The van der Waals surface area contributed by atoms with E-state index in [1.165, 1.54) is 31.4 Å². The van der Waals surface area contributed by atoms with Gasteiger partial charge in [0.25, 0.3) is 0 Å². The number of aromatic hydroxyl groups is 3. The number of phenolic OH excluding ortho intramolecular Hbond substituents is 3. The molecule has 0 bridgehead atoms. The molecule has 2 aromatic carbocycles. The highest BCUT2D eigenvalue weighted by atomic mass is 16.5. The fourth-order valence-electron chi connectivity index (χ4n) is 3.00. The minimum absolute atomic E-state index is 0.0247. The van der Waals surface area contributed by atoms with E-state index < -0.39 is 6.10 Å². The van der Waals surface area contributed by atoms with Crippen LogP contribution in [0.25, 0.3) is 0 Å². The average molecular weight is 356 g/mol. The second-order valence-electron chi connectivity index (χ2n) is 6.37. The molecule has 26 heavy (non-hydrogen) atoms. The predicted molar refractivity (Wildman–Crippen MR) is 95.3 cm³/mol. The first-order valence-corrected chi connectivity index (χ1v) is 8.12. The smallest absolute Gasteiger partial charge is 0.211 e. The first-order valence-electron chi connectivity index (χ1n) is 8.12. The summed E-state index contributed by atoms with van der Waals surface area (Å²) in [5, 5.41) is 30.2. The van der Waals surface area contributed by atoms with Gasteiger partial charge in [0.15, 0.2) is 6.10 Å². The van der Waals surface area contributed by atoms with Crippen LogP contribution in [0.5, 0.6) is 28.7 Å². The Bertz CT molecular complexity index is 909. The highest BCUT2D eigenvalue weighted by Gasteiger charge is 2.38. The fourth-order valence-corrected chi connectivity index (χ4v) is 3.00. The number of hydrogen-bond acceptors (Lipinski definition) is 6. The van der Waals surface area contributed by atoms with E-state index in [9.17, 15) is 20.1 Å².